The fourth-order valence-corrected chi connectivity index (χ4v) is 5.09. The average molecular weight is 532 g/mol. The van der Waals surface area contributed by atoms with Gasteiger partial charge in [0.15, 0.2) is 11.5 Å². The molecule has 1 atom stereocenters. The molecule has 10 heteroatoms. The molecule has 3 aromatic carbocycles. The lowest BCUT2D eigenvalue weighted by Crippen LogP contribution is -2.47. The SMILES string of the molecule is COc1ccc(N(C(=O)Cn2nnc3ccccc32)[C@H](C(=O)NC2CCCC2)c2ccccc2F)cc1OC. The van der Waals surface area contributed by atoms with Crippen molar-refractivity contribution in [2.45, 2.75) is 44.3 Å². The predicted octanol–water partition coefficient (Wildman–Crippen LogP) is 4.42. The van der Waals surface area contributed by atoms with Gasteiger partial charge in [-0.05, 0) is 43.2 Å². The summed E-state index contributed by atoms with van der Waals surface area (Å²) in [6.07, 6.45) is 3.69. The van der Waals surface area contributed by atoms with Crippen molar-refractivity contribution in [1.82, 2.24) is 20.3 Å². The monoisotopic (exact) mass is 531 g/mol. The summed E-state index contributed by atoms with van der Waals surface area (Å²) in [4.78, 5) is 29.3. The van der Waals surface area contributed by atoms with Gasteiger partial charge in [-0.25, -0.2) is 9.07 Å². The van der Waals surface area contributed by atoms with E-state index >= 15 is 4.39 Å². The molecular formula is C29H30FN5O4. The first-order valence-corrected chi connectivity index (χ1v) is 12.9. The predicted molar refractivity (Wildman–Crippen MR) is 144 cm³/mol. The fraction of sp³-hybridized carbons (Fsp3) is 0.310. The Hall–Kier alpha value is -4.47. The number of ether oxygens (including phenoxy) is 2. The summed E-state index contributed by atoms with van der Waals surface area (Å²) < 4.78 is 27.6. The number of carbonyl (C=O) groups excluding carboxylic acids is 2. The molecule has 0 saturated heterocycles. The topological polar surface area (TPSA) is 98.6 Å². The summed E-state index contributed by atoms with van der Waals surface area (Å²) in [6.45, 7) is -0.226. The van der Waals surface area contributed by atoms with Gasteiger partial charge in [-0.1, -0.05) is 48.4 Å². The van der Waals surface area contributed by atoms with E-state index in [1.165, 1.54) is 35.9 Å². The molecule has 0 aliphatic heterocycles. The second-order valence-corrected chi connectivity index (χ2v) is 9.45. The van der Waals surface area contributed by atoms with Crippen LogP contribution in [0.3, 0.4) is 0 Å². The van der Waals surface area contributed by atoms with E-state index in [1.807, 2.05) is 18.2 Å². The molecule has 4 aromatic rings. The summed E-state index contributed by atoms with van der Waals surface area (Å²) in [7, 11) is 2.99. The Balaban J connectivity index is 1.62. The van der Waals surface area contributed by atoms with E-state index in [2.05, 4.69) is 15.6 Å². The molecule has 39 heavy (non-hydrogen) atoms. The zero-order chi connectivity index (χ0) is 27.4. The van der Waals surface area contributed by atoms with E-state index in [0.29, 0.717) is 28.2 Å². The van der Waals surface area contributed by atoms with Crippen molar-refractivity contribution in [3.8, 4) is 11.5 Å². The Bertz CT molecular complexity index is 1480. The van der Waals surface area contributed by atoms with Crippen LogP contribution in [0.2, 0.25) is 0 Å². The van der Waals surface area contributed by atoms with Crippen molar-refractivity contribution in [2.24, 2.45) is 0 Å². The number of rotatable bonds is 9. The summed E-state index contributed by atoms with van der Waals surface area (Å²) in [6, 6.07) is 16.9. The number of benzene rings is 3. The highest BCUT2D eigenvalue weighted by atomic mass is 19.1. The van der Waals surface area contributed by atoms with Crippen LogP contribution in [0, 0.1) is 5.82 Å². The smallest absolute Gasteiger partial charge is 0.249 e. The van der Waals surface area contributed by atoms with Crippen molar-refractivity contribution >= 4 is 28.5 Å². The van der Waals surface area contributed by atoms with E-state index in [1.54, 1.807) is 36.4 Å². The lowest BCUT2D eigenvalue weighted by molar-refractivity contribution is -0.127. The lowest BCUT2D eigenvalue weighted by Gasteiger charge is -2.33. The van der Waals surface area contributed by atoms with Crippen molar-refractivity contribution in [3.63, 3.8) is 0 Å². The quantitative estimate of drug-likeness (QED) is 0.343. The molecule has 202 valence electrons. The van der Waals surface area contributed by atoms with Crippen LogP contribution in [-0.4, -0.2) is 47.1 Å². The number of hydrogen-bond acceptors (Lipinski definition) is 6. The van der Waals surface area contributed by atoms with Gasteiger partial charge >= 0.3 is 0 Å². The van der Waals surface area contributed by atoms with Crippen LogP contribution in [0.5, 0.6) is 11.5 Å². The normalized spacial score (nSPS) is 14.2. The highest BCUT2D eigenvalue weighted by molar-refractivity contribution is 6.02. The Morgan fingerprint density at radius 1 is 1.03 bits per heavy atom. The third-order valence-electron chi connectivity index (χ3n) is 7.03. The molecule has 1 heterocycles. The Labute approximate surface area is 225 Å². The molecule has 0 radical (unpaired) electrons. The van der Waals surface area contributed by atoms with Crippen LogP contribution in [0.1, 0.15) is 37.3 Å². The van der Waals surface area contributed by atoms with Gasteiger partial charge in [0.25, 0.3) is 0 Å². The number of nitrogens with one attached hydrogen (secondary N) is 1. The van der Waals surface area contributed by atoms with Crippen molar-refractivity contribution < 1.29 is 23.5 Å². The number of para-hydroxylation sites is 1. The third kappa shape index (κ3) is 5.41. The van der Waals surface area contributed by atoms with Gasteiger partial charge in [-0.15, -0.1) is 5.10 Å². The number of methoxy groups -OCH3 is 2. The maximum atomic E-state index is 15.3. The summed E-state index contributed by atoms with van der Waals surface area (Å²) in [5.41, 5.74) is 1.72. The van der Waals surface area contributed by atoms with E-state index in [0.717, 1.165) is 25.7 Å². The zero-order valence-electron chi connectivity index (χ0n) is 21.8. The maximum Gasteiger partial charge on any atom is 0.249 e. The molecule has 0 spiro atoms. The van der Waals surface area contributed by atoms with E-state index in [9.17, 15) is 9.59 Å². The largest absolute Gasteiger partial charge is 0.493 e. The second-order valence-electron chi connectivity index (χ2n) is 9.45. The average Bonchev–Trinajstić information content (AvgIpc) is 3.62. The molecule has 1 aromatic heterocycles. The minimum Gasteiger partial charge on any atom is -0.493 e. The number of anilines is 1. The maximum absolute atomic E-state index is 15.3. The van der Waals surface area contributed by atoms with Gasteiger partial charge in [0.1, 0.15) is 23.9 Å². The molecule has 0 unspecified atom stereocenters. The summed E-state index contributed by atoms with van der Waals surface area (Å²) in [5, 5.41) is 11.4. The minimum absolute atomic E-state index is 0.0339. The van der Waals surface area contributed by atoms with E-state index in [-0.39, 0.29) is 18.2 Å². The van der Waals surface area contributed by atoms with Crippen LogP contribution in [0.25, 0.3) is 11.0 Å². The van der Waals surface area contributed by atoms with Crippen LogP contribution in [0.4, 0.5) is 10.1 Å². The van der Waals surface area contributed by atoms with Gasteiger partial charge in [0.2, 0.25) is 11.8 Å². The number of nitrogens with zero attached hydrogens (tertiary/aromatic N) is 4. The van der Waals surface area contributed by atoms with Gasteiger partial charge in [-0.2, -0.15) is 0 Å². The van der Waals surface area contributed by atoms with Crippen LogP contribution in [-0.2, 0) is 16.1 Å². The molecule has 9 nitrogen and oxygen atoms in total. The first-order valence-electron chi connectivity index (χ1n) is 12.9. The number of carbonyl (C=O) groups is 2. The molecule has 1 aliphatic rings. The Kier molecular flexibility index (Phi) is 7.72. The minimum atomic E-state index is -1.29. The first-order chi connectivity index (χ1) is 19.0. The van der Waals surface area contributed by atoms with E-state index in [4.69, 9.17) is 9.47 Å². The molecule has 1 aliphatic carbocycles. The number of fused-ring (bicyclic) bond motifs is 1. The lowest BCUT2D eigenvalue weighted by atomic mass is 10.0. The summed E-state index contributed by atoms with van der Waals surface area (Å²) >= 11 is 0. The van der Waals surface area contributed by atoms with Crippen molar-refractivity contribution in [1.29, 1.82) is 0 Å². The molecule has 0 bridgehead atoms. The standard InChI is InChI=1S/C29H30FN5O4/c1-38-25-16-15-20(17-26(25)39-2)35(27(36)18-34-24-14-8-7-13-23(24)32-33-34)28(21-11-5-6-12-22(21)30)29(37)31-19-9-3-4-10-19/h5-8,11-17,19,28H,3-4,9-10,18H2,1-2H3,(H,31,37)/t28-/m0/s1. The van der Waals surface area contributed by atoms with Crippen LogP contribution < -0.4 is 19.7 Å². The number of halogens is 1. The Morgan fingerprint density at radius 2 is 1.74 bits per heavy atom. The molecule has 5 rings (SSSR count). The molecular weight excluding hydrogens is 501 g/mol. The first kappa shape index (κ1) is 26.1. The molecule has 1 saturated carbocycles. The number of amides is 2. The molecule has 1 N–H and O–H groups in total. The van der Waals surface area contributed by atoms with Crippen LogP contribution >= 0.6 is 0 Å². The van der Waals surface area contributed by atoms with Gasteiger partial charge in [0.05, 0.1) is 19.7 Å². The number of hydrogen-bond donors (Lipinski definition) is 1. The third-order valence-corrected chi connectivity index (χ3v) is 7.03. The fourth-order valence-electron chi connectivity index (χ4n) is 5.09. The summed E-state index contributed by atoms with van der Waals surface area (Å²) in [5.74, 6) is -0.712. The van der Waals surface area contributed by atoms with Gasteiger partial charge in [0, 0.05) is 23.4 Å². The van der Waals surface area contributed by atoms with E-state index < -0.39 is 23.7 Å². The van der Waals surface area contributed by atoms with Gasteiger partial charge < -0.3 is 14.8 Å². The van der Waals surface area contributed by atoms with Crippen molar-refractivity contribution in [2.75, 3.05) is 19.1 Å². The van der Waals surface area contributed by atoms with Crippen molar-refractivity contribution in [3.05, 3.63) is 78.1 Å². The van der Waals surface area contributed by atoms with Crippen LogP contribution in [0.15, 0.2) is 66.7 Å². The highest BCUT2D eigenvalue weighted by Gasteiger charge is 2.36. The van der Waals surface area contributed by atoms with Gasteiger partial charge in [-0.3, -0.25) is 14.5 Å². The zero-order valence-corrected chi connectivity index (χ0v) is 21.8. The molecule has 2 amide bonds. The number of aromatic nitrogens is 3. The Morgan fingerprint density at radius 3 is 2.49 bits per heavy atom. The highest BCUT2D eigenvalue weighted by Crippen LogP contribution is 2.36. The molecule has 1 fully saturated rings. The second kappa shape index (κ2) is 11.5.